The summed E-state index contributed by atoms with van der Waals surface area (Å²) in [4.78, 5) is 30.1. The maximum atomic E-state index is 13.2. The minimum atomic E-state index is -0.472. The van der Waals surface area contributed by atoms with Crippen LogP contribution in [0.1, 0.15) is 41.7 Å². The summed E-state index contributed by atoms with van der Waals surface area (Å²) in [6.07, 6.45) is 6.42. The fourth-order valence-electron chi connectivity index (χ4n) is 3.90. The van der Waals surface area contributed by atoms with Gasteiger partial charge in [-0.25, -0.2) is 4.98 Å². The summed E-state index contributed by atoms with van der Waals surface area (Å²) in [6.45, 7) is 3.15. The number of benzene rings is 2. The summed E-state index contributed by atoms with van der Waals surface area (Å²) in [6, 6.07) is 12.3. The first kappa shape index (κ1) is 19.6. The molecule has 3 aromatic rings. The van der Waals surface area contributed by atoms with Crippen molar-refractivity contribution in [2.24, 2.45) is 0 Å². The van der Waals surface area contributed by atoms with E-state index in [1.54, 1.807) is 34.0 Å². The summed E-state index contributed by atoms with van der Waals surface area (Å²) in [5, 5.41) is 11.6. The zero-order valence-electron chi connectivity index (χ0n) is 16.6. The highest BCUT2D eigenvalue weighted by atomic mass is 16.6. The van der Waals surface area contributed by atoms with Crippen LogP contribution in [0.5, 0.6) is 5.75 Å². The Balaban J connectivity index is 1.61. The van der Waals surface area contributed by atoms with Crippen LogP contribution >= 0.6 is 0 Å². The third kappa shape index (κ3) is 3.76. The molecule has 154 valence electrons. The van der Waals surface area contributed by atoms with Gasteiger partial charge in [0.1, 0.15) is 11.4 Å². The highest BCUT2D eigenvalue weighted by Gasteiger charge is 2.31. The molecule has 0 spiro atoms. The van der Waals surface area contributed by atoms with E-state index < -0.39 is 4.92 Å². The number of nitro groups is 1. The fraction of sp³-hybridized carbons (Fsp3) is 0.273. The largest absolute Gasteiger partial charge is 0.494 e. The second-order valence-corrected chi connectivity index (χ2v) is 7.09. The lowest BCUT2D eigenvalue weighted by Gasteiger charge is -2.25. The van der Waals surface area contributed by atoms with Crippen LogP contribution in [0.2, 0.25) is 0 Å². The van der Waals surface area contributed by atoms with Gasteiger partial charge < -0.3 is 14.2 Å². The third-order valence-electron chi connectivity index (χ3n) is 5.29. The lowest BCUT2D eigenvalue weighted by atomic mass is 10.0. The van der Waals surface area contributed by atoms with Crippen molar-refractivity contribution in [1.82, 2.24) is 14.5 Å². The third-order valence-corrected chi connectivity index (χ3v) is 5.29. The van der Waals surface area contributed by atoms with Crippen molar-refractivity contribution in [3.05, 3.63) is 82.4 Å². The fourth-order valence-corrected chi connectivity index (χ4v) is 3.90. The van der Waals surface area contributed by atoms with Gasteiger partial charge in [-0.05, 0) is 49.6 Å². The number of carbonyl (C=O) groups is 1. The first-order valence-corrected chi connectivity index (χ1v) is 9.89. The minimum Gasteiger partial charge on any atom is -0.494 e. The van der Waals surface area contributed by atoms with E-state index in [4.69, 9.17) is 4.74 Å². The minimum absolute atomic E-state index is 0.0550. The topological polar surface area (TPSA) is 90.5 Å². The van der Waals surface area contributed by atoms with E-state index in [1.807, 2.05) is 31.2 Å². The van der Waals surface area contributed by atoms with Gasteiger partial charge in [-0.15, -0.1) is 0 Å². The average Bonchev–Trinajstić information content (AvgIpc) is 3.46. The molecule has 8 nitrogen and oxygen atoms in total. The maximum Gasteiger partial charge on any atom is 0.294 e. The molecule has 0 aliphatic carbocycles. The standard InChI is InChI=1S/C22H22N4O4/c1-2-30-18-8-5-16(6-9-18)19-4-3-12-25(19)22(27)17-7-10-20(21(14-17)26(28)29)24-13-11-23-15-24/h5-11,13-15,19H,2-4,12H2,1H3. The SMILES string of the molecule is CCOc1ccc(C2CCCN2C(=O)c2ccc(-n3ccnc3)c([N+](=O)[O-])c2)cc1. The van der Waals surface area contributed by atoms with Crippen molar-refractivity contribution in [2.45, 2.75) is 25.8 Å². The molecule has 2 heterocycles. The molecule has 1 aliphatic rings. The molecule has 1 saturated heterocycles. The molecule has 30 heavy (non-hydrogen) atoms. The van der Waals surface area contributed by atoms with Gasteiger partial charge in [0, 0.05) is 30.6 Å². The van der Waals surface area contributed by atoms with Crippen LogP contribution in [0, 0.1) is 10.1 Å². The predicted octanol–water partition coefficient (Wildman–Crippen LogP) is 4.16. The number of imidazole rings is 1. The monoisotopic (exact) mass is 406 g/mol. The number of amides is 1. The molecule has 0 radical (unpaired) electrons. The highest BCUT2D eigenvalue weighted by molar-refractivity contribution is 5.95. The van der Waals surface area contributed by atoms with Crippen LogP contribution in [-0.4, -0.2) is 38.4 Å². The van der Waals surface area contributed by atoms with E-state index in [2.05, 4.69) is 4.98 Å². The van der Waals surface area contributed by atoms with Crippen molar-refractivity contribution >= 4 is 11.6 Å². The van der Waals surface area contributed by atoms with Crippen molar-refractivity contribution in [3.63, 3.8) is 0 Å². The number of nitro benzene ring substituents is 1. The molecule has 8 heteroatoms. The summed E-state index contributed by atoms with van der Waals surface area (Å²) in [5.41, 5.74) is 1.59. The number of nitrogens with zero attached hydrogens (tertiary/aromatic N) is 4. The molecule has 0 saturated carbocycles. The number of ether oxygens (including phenoxy) is 1. The molecule has 2 aromatic carbocycles. The van der Waals surface area contributed by atoms with E-state index >= 15 is 0 Å². The second kappa shape index (κ2) is 8.36. The molecule has 1 aromatic heterocycles. The van der Waals surface area contributed by atoms with Crippen LogP contribution in [0.25, 0.3) is 5.69 Å². The Hall–Kier alpha value is -3.68. The van der Waals surface area contributed by atoms with E-state index in [1.165, 1.54) is 12.4 Å². The molecular formula is C22H22N4O4. The second-order valence-electron chi connectivity index (χ2n) is 7.09. The molecule has 0 bridgehead atoms. The predicted molar refractivity (Wildman–Crippen MR) is 111 cm³/mol. The Morgan fingerprint density at radius 2 is 2.07 bits per heavy atom. The van der Waals surface area contributed by atoms with Gasteiger partial charge in [-0.1, -0.05) is 12.1 Å². The summed E-state index contributed by atoms with van der Waals surface area (Å²) in [5.74, 6) is 0.592. The number of aromatic nitrogens is 2. The number of carbonyl (C=O) groups excluding carboxylic acids is 1. The lowest BCUT2D eigenvalue weighted by Crippen LogP contribution is -2.30. The van der Waals surface area contributed by atoms with E-state index in [0.29, 0.717) is 24.4 Å². The number of hydrogen-bond donors (Lipinski definition) is 0. The van der Waals surface area contributed by atoms with Gasteiger partial charge in [-0.3, -0.25) is 14.9 Å². The number of rotatable bonds is 6. The zero-order chi connectivity index (χ0) is 21.1. The molecule has 1 unspecified atom stereocenters. The highest BCUT2D eigenvalue weighted by Crippen LogP contribution is 2.35. The van der Waals surface area contributed by atoms with E-state index in [9.17, 15) is 14.9 Å². The van der Waals surface area contributed by atoms with Gasteiger partial charge in [-0.2, -0.15) is 0 Å². The summed E-state index contributed by atoms with van der Waals surface area (Å²) in [7, 11) is 0. The van der Waals surface area contributed by atoms with Crippen molar-refractivity contribution in [3.8, 4) is 11.4 Å². The lowest BCUT2D eigenvalue weighted by molar-refractivity contribution is -0.384. The van der Waals surface area contributed by atoms with Gasteiger partial charge in [0.15, 0.2) is 0 Å². The van der Waals surface area contributed by atoms with Crippen LogP contribution in [0.3, 0.4) is 0 Å². The molecule has 0 N–H and O–H groups in total. The van der Waals surface area contributed by atoms with Crippen molar-refractivity contribution in [2.75, 3.05) is 13.2 Å². The Morgan fingerprint density at radius 1 is 1.27 bits per heavy atom. The normalized spacial score (nSPS) is 15.9. The molecule has 4 rings (SSSR count). The van der Waals surface area contributed by atoms with Gasteiger partial charge >= 0.3 is 0 Å². The average molecular weight is 406 g/mol. The quantitative estimate of drug-likeness (QED) is 0.453. The Kier molecular flexibility index (Phi) is 5.47. The molecule has 1 atom stereocenters. The van der Waals surface area contributed by atoms with Crippen molar-refractivity contribution in [1.29, 1.82) is 0 Å². The molecule has 1 fully saturated rings. The first-order chi connectivity index (χ1) is 14.6. The van der Waals surface area contributed by atoms with Crippen LogP contribution < -0.4 is 4.74 Å². The Morgan fingerprint density at radius 3 is 2.73 bits per heavy atom. The van der Waals surface area contributed by atoms with Crippen LogP contribution in [0.15, 0.2) is 61.2 Å². The van der Waals surface area contributed by atoms with Gasteiger partial charge in [0.25, 0.3) is 11.6 Å². The number of likely N-dealkylation sites (tertiary alicyclic amines) is 1. The Bertz CT molecular complexity index is 1050. The van der Waals surface area contributed by atoms with E-state index in [0.717, 1.165) is 24.2 Å². The molecule has 1 aliphatic heterocycles. The van der Waals surface area contributed by atoms with Crippen molar-refractivity contribution < 1.29 is 14.5 Å². The Labute approximate surface area is 173 Å². The number of hydrogen-bond acceptors (Lipinski definition) is 5. The summed E-state index contributed by atoms with van der Waals surface area (Å²) >= 11 is 0. The summed E-state index contributed by atoms with van der Waals surface area (Å²) < 4.78 is 7.05. The maximum absolute atomic E-state index is 13.2. The molecule has 1 amide bonds. The van der Waals surface area contributed by atoms with Crippen LogP contribution in [-0.2, 0) is 0 Å². The van der Waals surface area contributed by atoms with Gasteiger partial charge in [0.05, 0.1) is 23.9 Å². The van der Waals surface area contributed by atoms with E-state index in [-0.39, 0.29) is 17.6 Å². The first-order valence-electron chi connectivity index (χ1n) is 9.89. The van der Waals surface area contributed by atoms with Crippen LogP contribution in [0.4, 0.5) is 5.69 Å². The smallest absolute Gasteiger partial charge is 0.294 e. The van der Waals surface area contributed by atoms with Gasteiger partial charge in [0.2, 0.25) is 0 Å². The molecular weight excluding hydrogens is 384 g/mol. The zero-order valence-corrected chi connectivity index (χ0v) is 16.6.